The van der Waals surface area contributed by atoms with E-state index in [1.54, 1.807) is 11.3 Å². The Labute approximate surface area is 100 Å². The number of hydrogen-bond donors (Lipinski definition) is 1. The van der Waals surface area contributed by atoms with Gasteiger partial charge in [-0.25, -0.2) is 4.98 Å². The predicted molar refractivity (Wildman–Crippen MR) is 69.0 cm³/mol. The molecule has 1 N–H and O–H groups in total. The van der Waals surface area contributed by atoms with Gasteiger partial charge < -0.3 is 9.88 Å². The summed E-state index contributed by atoms with van der Waals surface area (Å²) in [4.78, 5) is 5.68. The number of nitrogens with one attached hydrogen (secondary N) is 1. The molecule has 0 aliphatic heterocycles. The third-order valence-electron chi connectivity index (χ3n) is 2.54. The minimum absolute atomic E-state index is 0.305. The van der Waals surface area contributed by atoms with Crippen LogP contribution in [0.4, 0.5) is 5.95 Å². The van der Waals surface area contributed by atoms with Crippen LogP contribution in [0.2, 0.25) is 0 Å². The van der Waals surface area contributed by atoms with Crippen molar-refractivity contribution < 1.29 is 0 Å². The Morgan fingerprint density at radius 1 is 1.38 bits per heavy atom. The SMILES string of the molecule is CC(Nc1nccn1C(C)C)c1cccs1. The van der Waals surface area contributed by atoms with E-state index in [1.165, 1.54) is 4.88 Å². The third kappa shape index (κ3) is 2.27. The van der Waals surface area contributed by atoms with Crippen molar-refractivity contribution in [1.82, 2.24) is 9.55 Å². The average molecular weight is 235 g/mol. The summed E-state index contributed by atoms with van der Waals surface area (Å²) in [6.45, 7) is 6.47. The molecule has 2 heterocycles. The first-order valence-electron chi connectivity index (χ1n) is 5.51. The molecule has 0 saturated carbocycles. The van der Waals surface area contributed by atoms with E-state index in [-0.39, 0.29) is 0 Å². The van der Waals surface area contributed by atoms with Crippen molar-refractivity contribution in [2.75, 3.05) is 5.32 Å². The monoisotopic (exact) mass is 235 g/mol. The molecule has 0 fully saturated rings. The normalized spacial score (nSPS) is 13.0. The molecule has 1 unspecified atom stereocenters. The van der Waals surface area contributed by atoms with E-state index in [0.717, 1.165) is 5.95 Å². The molecule has 0 spiro atoms. The molecule has 16 heavy (non-hydrogen) atoms. The molecule has 2 aromatic rings. The van der Waals surface area contributed by atoms with Gasteiger partial charge >= 0.3 is 0 Å². The van der Waals surface area contributed by atoms with Gasteiger partial charge in [-0.15, -0.1) is 11.3 Å². The van der Waals surface area contributed by atoms with Gasteiger partial charge in [-0.2, -0.15) is 0 Å². The summed E-state index contributed by atoms with van der Waals surface area (Å²) >= 11 is 1.77. The number of nitrogens with zero attached hydrogens (tertiary/aromatic N) is 2. The quantitative estimate of drug-likeness (QED) is 0.875. The van der Waals surface area contributed by atoms with Crippen LogP contribution >= 0.6 is 11.3 Å². The van der Waals surface area contributed by atoms with Crippen LogP contribution in [0.15, 0.2) is 29.9 Å². The summed E-state index contributed by atoms with van der Waals surface area (Å²) in [7, 11) is 0. The summed E-state index contributed by atoms with van der Waals surface area (Å²) < 4.78 is 2.14. The van der Waals surface area contributed by atoms with Gasteiger partial charge in [0.15, 0.2) is 0 Å². The van der Waals surface area contributed by atoms with Gasteiger partial charge in [0.1, 0.15) is 0 Å². The maximum atomic E-state index is 4.34. The molecule has 3 nitrogen and oxygen atoms in total. The smallest absolute Gasteiger partial charge is 0.203 e. The topological polar surface area (TPSA) is 29.9 Å². The van der Waals surface area contributed by atoms with Crippen molar-refractivity contribution >= 4 is 17.3 Å². The van der Waals surface area contributed by atoms with Crippen molar-refractivity contribution in [3.63, 3.8) is 0 Å². The van der Waals surface area contributed by atoms with Gasteiger partial charge in [0.25, 0.3) is 0 Å². The van der Waals surface area contributed by atoms with Crippen LogP contribution in [0.25, 0.3) is 0 Å². The second kappa shape index (κ2) is 4.70. The maximum absolute atomic E-state index is 4.34. The zero-order chi connectivity index (χ0) is 11.5. The molecule has 0 amide bonds. The number of anilines is 1. The number of rotatable bonds is 4. The minimum atomic E-state index is 0.305. The van der Waals surface area contributed by atoms with Crippen LogP contribution in [0.1, 0.15) is 37.7 Å². The Bertz CT molecular complexity index is 431. The fourth-order valence-electron chi connectivity index (χ4n) is 1.64. The van der Waals surface area contributed by atoms with E-state index in [0.29, 0.717) is 12.1 Å². The molecule has 2 aromatic heterocycles. The second-order valence-electron chi connectivity index (χ2n) is 4.13. The molecule has 0 radical (unpaired) electrons. The predicted octanol–water partition coefficient (Wildman–Crippen LogP) is 3.70. The molecule has 4 heteroatoms. The van der Waals surface area contributed by atoms with Crippen LogP contribution in [0.5, 0.6) is 0 Å². The van der Waals surface area contributed by atoms with Gasteiger partial charge in [0.2, 0.25) is 5.95 Å². The molecule has 0 aliphatic carbocycles. The molecule has 86 valence electrons. The van der Waals surface area contributed by atoms with E-state index >= 15 is 0 Å². The van der Waals surface area contributed by atoms with E-state index in [1.807, 2.05) is 12.4 Å². The van der Waals surface area contributed by atoms with Crippen LogP contribution in [0, 0.1) is 0 Å². The second-order valence-corrected chi connectivity index (χ2v) is 5.11. The molecular formula is C12H17N3S. The number of hydrogen-bond acceptors (Lipinski definition) is 3. The minimum Gasteiger partial charge on any atom is -0.348 e. The molecular weight excluding hydrogens is 218 g/mol. The summed E-state index contributed by atoms with van der Waals surface area (Å²) in [5.41, 5.74) is 0. The molecule has 1 atom stereocenters. The van der Waals surface area contributed by atoms with Gasteiger partial charge in [-0.3, -0.25) is 0 Å². The summed E-state index contributed by atoms with van der Waals surface area (Å²) in [5.74, 6) is 0.941. The maximum Gasteiger partial charge on any atom is 0.203 e. The fraction of sp³-hybridized carbons (Fsp3) is 0.417. The van der Waals surface area contributed by atoms with Crippen molar-refractivity contribution in [1.29, 1.82) is 0 Å². The zero-order valence-corrected chi connectivity index (χ0v) is 10.7. The lowest BCUT2D eigenvalue weighted by Gasteiger charge is -2.16. The zero-order valence-electron chi connectivity index (χ0n) is 9.84. The molecule has 2 rings (SSSR count). The fourth-order valence-corrected chi connectivity index (χ4v) is 2.38. The first kappa shape index (κ1) is 11.2. The summed E-state index contributed by atoms with van der Waals surface area (Å²) in [5, 5.41) is 5.54. The number of imidazole rings is 1. The Morgan fingerprint density at radius 2 is 2.19 bits per heavy atom. The van der Waals surface area contributed by atoms with E-state index in [2.05, 4.69) is 53.2 Å². The third-order valence-corrected chi connectivity index (χ3v) is 3.60. The largest absolute Gasteiger partial charge is 0.348 e. The Balaban J connectivity index is 2.12. The Morgan fingerprint density at radius 3 is 2.81 bits per heavy atom. The van der Waals surface area contributed by atoms with Crippen molar-refractivity contribution in [3.8, 4) is 0 Å². The van der Waals surface area contributed by atoms with Crippen LogP contribution in [-0.2, 0) is 0 Å². The molecule has 0 aliphatic rings. The molecule has 0 bridgehead atoms. The Hall–Kier alpha value is -1.29. The van der Waals surface area contributed by atoms with Gasteiger partial charge in [0.05, 0.1) is 6.04 Å². The lowest BCUT2D eigenvalue weighted by Crippen LogP contribution is -2.11. The first-order chi connectivity index (χ1) is 7.68. The lowest BCUT2D eigenvalue weighted by atomic mass is 10.3. The van der Waals surface area contributed by atoms with Gasteiger partial charge in [-0.1, -0.05) is 6.07 Å². The van der Waals surface area contributed by atoms with Crippen LogP contribution in [-0.4, -0.2) is 9.55 Å². The standard InChI is InChI=1S/C12H17N3S/c1-9(2)15-7-6-13-12(15)14-10(3)11-5-4-8-16-11/h4-10H,1-3H3,(H,13,14). The highest BCUT2D eigenvalue weighted by atomic mass is 32.1. The first-order valence-corrected chi connectivity index (χ1v) is 6.39. The average Bonchev–Trinajstić information content (AvgIpc) is 2.86. The van der Waals surface area contributed by atoms with E-state index in [4.69, 9.17) is 0 Å². The van der Waals surface area contributed by atoms with Crippen molar-refractivity contribution in [2.24, 2.45) is 0 Å². The number of thiophene rings is 1. The highest BCUT2D eigenvalue weighted by Gasteiger charge is 2.10. The highest BCUT2D eigenvalue weighted by Crippen LogP contribution is 2.23. The Kier molecular flexibility index (Phi) is 3.29. The lowest BCUT2D eigenvalue weighted by molar-refractivity contribution is 0.601. The molecule has 0 aromatic carbocycles. The van der Waals surface area contributed by atoms with Gasteiger partial charge in [-0.05, 0) is 32.2 Å². The van der Waals surface area contributed by atoms with Gasteiger partial charge in [0, 0.05) is 23.3 Å². The van der Waals surface area contributed by atoms with Crippen LogP contribution < -0.4 is 5.32 Å². The van der Waals surface area contributed by atoms with E-state index < -0.39 is 0 Å². The van der Waals surface area contributed by atoms with E-state index in [9.17, 15) is 0 Å². The highest BCUT2D eigenvalue weighted by molar-refractivity contribution is 7.10. The summed E-state index contributed by atoms with van der Waals surface area (Å²) in [6, 6.07) is 4.96. The molecule has 0 saturated heterocycles. The number of aromatic nitrogens is 2. The van der Waals surface area contributed by atoms with Crippen LogP contribution in [0.3, 0.4) is 0 Å². The van der Waals surface area contributed by atoms with Crippen molar-refractivity contribution in [2.45, 2.75) is 32.9 Å². The van der Waals surface area contributed by atoms with Crippen molar-refractivity contribution in [3.05, 3.63) is 34.8 Å². The summed E-state index contributed by atoms with van der Waals surface area (Å²) in [6.07, 6.45) is 3.84.